The monoisotopic (exact) mass is 205 g/mol. The summed E-state index contributed by atoms with van der Waals surface area (Å²) in [6.07, 6.45) is 0. The maximum atomic E-state index is 11.6. The maximum absolute atomic E-state index is 11.6. The number of rotatable bonds is 0. The van der Waals surface area contributed by atoms with Crippen LogP contribution in [0.15, 0.2) is 0 Å². The Labute approximate surface area is 80.8 Å². The number of sulfone groups is 1. The Morgan fingerprint density at radius 1 is 1.31 bits per heavy atom. The third kappa shape index (κ3) is 2.44. The van der Waals surface area contributed by atoms with Crippen LogP contribution in [0, 0.1) is 5.41 Å². The van der Waals surface area contributed by atoms with Crippen LogP contribution in [0.5, 0.6) is 0 Å². The van der Waals surface area contributed by atoms with Crippen molar-refractivity contribution in [3.05, 3.63) is 0 Å². The third-order valence-electron chi connectivity index (χ3n) is 2.71. The normalized spacial score (nSPS) is 34.5. The molecular formula is C9H19NO2S. The summed E-state index contributed by atoms with van der Waals surface area (Å²) < 4.78 is 23.2. The van der Waals surface area contributed by atoms with E-state index in [1.54, 1.807) is 6.92 Å². The van der Waals surface area contributed by atoms with E-state index >= 15 is 0 Å². The van der Waals surface area contributed by atoms with Crippen LogP contribution in [0.2, 0.25) is 0 Å². The van der Waals surface area contributed by atoms with E-state index in [2.05, 4.69) is 26.1 Å². The van der Waals surface area contributed by atoms with Crippen molar-refractivity contribution in [3.8, 4) is 0 Å². The molecule has 0 spiro atoms. The smallest absolute Gasteiger partial charge is 0.155 e. The van der Waals surface area contributed by atoms with Crippen molar-refractivity contribution in [1.29, 1.82) is 0 Å². The standard InChI is InChI=1S/C9H19NO2S/c1-7-5-10-8(9(2,3)4)6-13(7,11)12/h7-8,10H,5-6H2,1-4H3. The number of hydrogen-bond acceptors (Lipinski definition) is 3. The number of nitrogens with one attached hydrogen (secondary N) is 1. The fourth-order valence-electron chi connectivity index (χ4n) is 1.45. The topological polar surface area (TPSA) is 46.2 Å². The molecule has 3 nitrogen and oxygen atoms in total. The second kappa shape index (κ2) is 3.24. The Morgan fingerprint density at radius 2 is 1.85 bits per heavy atom. The average molecular weight is 205 g/mol. The summed E-state index contributed by atoms with van der Waals surface area (Å²) in [4.78, 5) is 0. The largest absolute Gasteiger partial charge is 0.311 e. The number of hydrogen-bond donors (Lipinski definition) is 1. The molecule has 13 heavy (non-hydrogen) atoms. The van der Waals surface area contributed by atoms with Crippen molar-refractivity contribution in [3.63, 3.8) is 0 Å². The summed E-state index contributed by atoms with van der Waals surface area (Å²) >= 11 is 0. The Morgan fingerprint density at radius 3 is 2.23 bits per heavy atom. The summed E-state index contributed by atoms with van der Waals surface area (Å²) in [6, 6.07) is 0.0914. The molecule has 0 aromatic heterocycles. The van der Waals surface area contributed by atoms with Crippen molar-refractivity contribution in [2.24, 2.45) is 5.41 Å². The first-order valence-corrected chi connectivity index (χ1v) is 6.40. The van der Waals surface area contributed by atoms with Crippen LogP contribution in [-0.4, -0.2) is 32.0 Å². The van der Waals surface area contributed by atoms with E-state index in [9.17, 15) is 8.42 Å². The van der Waals surface area contributed by atoms with Crippen LogP contribution in [0.4, 0.5) is 0 Å². The second-order valence-electron chi connectivity index (χ2n) is 4.97. The predicted molar refractivity (Wildman–Crippen MR) is 54.5 cm³/mol. The SMILES string of the molecule is CC1CNC(C(C)(C)C)CS1(=O)=O. The Bertz CT molecular complexity index is 276. The van der Waals surface area contributed by atoms with Gasteiger partial charge in [0.1, 0.15) is 0 Å². The van der Waals surface area contributed by atoms with Crippen molar-refractivity contribution in [2.45, 2.75) is 39.0 Å². The molecule has 1 N–H and O–H groups in total. The van der Waals surface area contributed by atoms with Crippen LogP contribution >= 0.6 is 0 Å². The van der Waals surface area contributed by atoms with Gasteiger partial charge in [-0.25, -0.2) is 8.42 Å². The molecule has 0 aliphatic carbocycles. The molecule has 0 saturated carbocycles. The molecule has 1 rings (SSSR count). The van der Waals surface area contributed by atoms with Gasteiger partial charge in [-0.05, 0) is 12.3 Å². The van der Waals surface area contributed by atoms with Crippen LogP contribution in [0.25, 0.3) is 0 Å². The predicted octanol–water partition coefficient (Wildman–Crippen LogP) is 0.808. The molecule has 0 bridgehead atoms. The Hall–Kier alpha value is -0.0900. The third-order valence-corrected chi connectivity index (χ3v) is 4.90. The molecule has 1 saturated heterocycles. The molecule has 2 unspecified atom stereocenters. The lowest BCUT2D eigenvalue weighted by atomic mass is 9.88. The van der Waals surface area contributed by atoms with Gasteiger partial charge in [0, 0.05) is 12.6 Å². The van der Waals surface area contributed by atoms with Gasteiger partial charge in [-0.1, -0.05) is 20.8 Å². The van der Waals surface area contributed by atoms with Gasteiger partial charge in [0.25, 0.3) is 0 Å². The van der Waals surface area contributed by atoms with Gasteiger partial charge in [0.2, 0.25) is 0 Å². The van der Waals surface area contributed by atoms with E-state index in [0.29, 0.717) is 6.54 Å². The minimum Gasteiger partial charge on any atom is -0.311 e. The molecule has 2 atom stereocenters. The van der Waals surface area contributed by atoms with Crippen LogP contribution in [0.1, 0.15) is 27.7 Å². The van der Waals surface area contributed by atoms with E-state index in [1.165, 1.54) is 0 Å². The summed E-state index contributed by atoms with van der Waals surface area (Å²) in [5.41, 5.74) is 0.0210. The molecule has 0 aromatic carbocycles. The molecule has 0 radical (unpaired) electrons. The lowest BCUT2D eigenvalue weighted by Gasteiger charge is -2.36. The zero-order valence-corrected chi connectivity index (χ0v) is 9.61. The highest BCUT2D eigenvalue weighted by Crippen LogP contribution is 2.24. The zero-order valence-electron chi connectivity index (χ0n) is 8.79. The first kappa shape index (κ1) is 11.0. The average Bonchev–Trinajstić information content (AvgIpc) is 1.92. The van der Waals surface area contributed by atoms with Gasteiger partial charge in [-0.15, -0.1) is 0 Å². The van der Waals surface area contributed by atoms with Crippen LogP contribution in [0.3, 0.4) is 0 Å². The van der Waals surface area contributed by atoms with Crippen molar-refractivity contribution >= 4 is 9.84 Å². The lowest BCUT2D eigenvalue weighted by Crippen LogP contribution is -2.54. The summed E-state index contributed by atoms with van der Waals surface area (Å²) in [5.74, 6) is 0.275. The van der Waals surface area contributed by atoms with Gasteiger partial charge >= 0.3 is 0 Å². The molecule has 1 heterocycles. The molecule has 0 aromatic rings. The maximum Gasteiger partial charge on any atom is 0.155 e. The highest BCUT2D eigenvalue weighted by Gasteiger charge is 2.36. The molecule has 1 aliphatic heterocycles. The second-order valence-corrected chi connectivity index (χ2v) is 7.43. The van der Waals surface area contributed by atoms with Gasteiger partial charge in [0.15, 0.2) is 9.84 Å². The molecule has 4 heteroatoms. The molecular weight excluding hydrogens is 186 g/mol. The van der Waals surface area contributed by atoms with Crippen LogP contribution in [-0.2, 0) is 9.84 Å². The highest BCUT2D eigenvalue weighted by atomic mass is 32.2. The van der Waals surface area contributed by atoms with Gasteiger partial charge in [-0.2, -0.15) is 0 Å². The van der Waals surface area contributed by atoms with E-state index in [4.69, 9.17) is 0 Å². The zero-order chi connectivity index (χ0) is 10.3. The van der Waals surface area contributed by atoms with Gasteiger partial charge in [0.05, 0.1) is 11.0 Å². The highest BCUT2D eigenvalue weighted by molar-refractivity contribution is 7.92. The van der Waals surface area contributed by atoms with Gasteiger partial charge < -0.3 is 5.32 Å². The van der Waals surface area contributed by atoms with Crippen molar-refractivity contribution in [2.75, 3.05) is 12.3 Å². The van der Waals surface area contributed by atoms with E-state index < -0.39 is 9.84 Å². The van der Waals surface area contributed by atoms with Crippen LogP contribution < -0.4 is 5.32 Å². The lowest BCUT2D eigenvalue weighted by molar-refractivity contribution is 0.280. The fourth-order valence-corrected chi connectivity index (χ4v) is 3.21. The van der Waals surface area contributed by atoms with Gasteiger partial charge in [-0.3, -0.25) is 0 Å². The fraction of sp³-hybridized carbons (Fsp3) is 1.00. The Balaban J connectivity index is 2.79. The minimum absolute atomic E-state index is 0.0210. The van der Waals surface area contributed by atoms with E-state index in [1.807, 2.05) is 0 Å². The summed E-state index contributed by atoms with van der Waals surface area (Å²) in [5, 5.41) is 3.05. The first-order valence-electron chi connectivity index (χ1n) is 4.68. The van der Waals surface area contributed by atoms with E-state index in [-0.39, 0.29) is 22.5 Å². The first-order chi connectivity index (χ1) is 5.73. The van der Waals surface area contributed by atoms with E-state index in [0.717, 1.165) is 0 Å². The Kier molecular flexibility index (Phi) is 2.74. The van der Waals surface area contributed by atoms with Crippen molar-refractivity contribution in [1.82, 2.24) is 5.32 Å². The molecule has 1 fully saturated rings. The summed E-state index contributed by atoms with van der Waals surface area (Å²) in [6.45, 7) is 8.55. The minimum atomic E-state index is -2.86. The quantitative estimate of drug-likeness (QED) is 0.636. The molecule has 78 valence electrons. The summed E-state index contributed by atoms with van der Waals surface area (Å²) in [7, 11) is -2.86. The van der Waals surface area contributed by atoms with Crippen molar-refractivity contribution < 1.29 is 8.42 Å². The molecule has 1 aliphatic rings. The molecule has 0 amide bonds.